The summed E-state index contributed by atoms with van der Waals surface area (Å²) in [6.45, 7) is 5.25. The SMILES string of the molecule is C=C(C)C(=O)Nc1cc(-c2ccccc2)nn1-c1cccc(F)c1. The molecular weight excluding hydrogens is 305 g/mol. The van der Waals surface area contributed by atoms with Crippen LogP contribution in [0.1, 0.15) is 6.92 Å². The first-order valence-corrected chi connectivity index (χ1v) is 7.43. The van der Waals surface area contributed by atoms with E-state index in [0.29, 0.717) is 22.8 Å². The summed E-state index contributed by atoms with van der Waals surface area (Å²) >= 11 is 0. The zero-order chi connectivity index (χ0) is 17.1. The predicted octanol–water partition coefficient (Wildman–Crippen LogP) is 4.19. The number of benzene rings is 2. The molecule has 1 N–H and O–H groups in total. The van der Waals surface area contributed by atoms with E-state index in [1.54, 1.807) is 25.1 Å². The van der Waals surface area contributed by atoms with Crippen molar-refractivity contribution < 1.29 is 9.18 Å². The first kappa shape index (κ1) is 15.7. The molecule has 5 heteroatoms. The van der Waals surface area contributed by atoms with Crippen molar-refractivity contribution in [1.82, 2.24) is 9.78 Å². The molecule has 0 aliphatic carbocycles. The summed E-state index contributed by atoms with van der Waals surface area (Å²) in [6.07, 6.45) is 0. The highest BCUT2D eigenvalue weighted by molar-refractivity contribution is 6.02. The molecule has 4 nitrogen and oxygen atoms in total. The molecule has 0 radical (unpaired) electrons. The second kappa shape index (κ2) is 6.50. The van der Waals surface area contributed by atoms with E-state index in [1.165, 1.54) is 16.8 Å². The lowest BCUT2D eigenvalue weighted by molar-refractivity contribution is -0.112. The zero-order valence-electron chi connectivity index (χ0n) is 13.2. The Balaban J connectivity index is 2.09. The standard InChI is InChI=1S/C19H16FN3O/c1-13(2)19(24)21-18-12-17(14-7-4-3-5-8-14)22-23(18)16-10-6-9-15(20)11-16/h3-12H,1H2,2H3,(H,21,24). The number of nitrogens with one attached hydrogen (secondary N) is 1. The Bertz CT molecular complexity index is 900. The van der Waals surface area contributed by atoms with E-state index in [0.717, 1.165) is 5.56 Å². The van der Waals surface area contributed by atoms with Crippen molar-refractivity contribution in [3.05, 3.63) is 78.6 Å². The molecule has 0 fully saturated rings. The van der Waals surface area contributed by atoms with Crippen LogP contribution in [0.4, 0.5) is 10.2 Å². The number of hydrogen-bond donors (Lipinski definition) is 1. The van der Waals surface area contributed by atoms with Gasteiger partial charge in [0.2, 0.25) is 0 Å². The molecule has 3 aromatic rings. The molecule has 0 bridgehead atoms. The van der Waals surface area contributed by atoms with E-state index < -0.39 is 0 Å². The van der Waals surface area contributed by atoms with Crippen molar-refractivity contribution in [1.29, 1.82) is 0 Å². The summed E-state index contributed by atoms with van der Waals surface area (Å²) in [7, 11) is 0. The van der Waals surface area contributed by atoms with Crippen molar-refractivity contribution in [2.75, 3.05) is 5.32 Å². The third-order valence-corrected chi connectivity index (χ3v) is 3.46. The van der Waals surface area contributed by atoms with Crippen LogP contribution in [0.5, 0.6) is 0 Å². The first-order chi connectivity index (χ1) is 11.5. The minimum Gasteiger partial charge on any atom is -0.307 e. The lowest BCUT2D eigenvalue weighted by Crippen LogP contribution is -2.15. The molecule has 1 heterocycles. The number of hydrogen-bond acceptors (Lipinski definition) is 2. The normalized spacial score (nSPS) is 10.4. The van der Waals surface area contributed by atoms with Crippen LogP contribution in [0, 0.1) is 5.82 Å². The molecule has 0 saturated heterocycles. The molecule has 0 unspecified atom stereocenters. The lowest BCUT2D eigenvalue weighted by Gasteiger charge is -2.08. The molecule has 0 atom stereocenters. The van der Waals surface area contributed by atoms with Gasteiger partial charge in [-0.05, 0) is 25.1 Å². The van der Waals surface area contributed by atoms with Gasteiger partial charge in [-0.2, -0.15) is 5.10 Å². The Morgan fingerprint density at radius 3 is 2.54 bits per heavy atom. The zero-order valence-corrected chi connectivity index (χ0v) is 13.2. The predicted molar refractivity (Wildman–Crippen MR) is 92.4 cm³/mol. The molecule has 1 amide bonds. The number of anilines is 1. The molecule has 3 rings (SSSR count). The number of nitrogens with zero attached hydrogens (tertiary/aromatic N) is 2. The van der Waals surface area contributed by atoms with Gasteiger partial charge in [0.25, 0.3) is 5.91 Å². The number of aromatic nitrogens is 2. The quantitative estimate of drug-likeness (QED) is 0.732. The van der Waals surface area contributed by atoms with Gasteiger partial charge in [-0.15, -0.1) is 0 Å². The van der Waals surface area contributed by atoms with Crippen LogP contribution in [0.2, 0.25) is 0 Å². The van der Waals surface area contributed by atoms with Crippen LogP contribution in [0.3, 0.4) is 0 Å². The largest absolute Gasteiger partial charge is 0.307 e. The Morgan fingerprint density at radius 1 is 1.12 bits per heavy atom. The number of carbonyl (C=O) groups is 1. The Morgan fingerprint density at radius 2 is 1.88 bits per heavy atom. The molecule has 0 aliphatic rings. The van der Waals surface area contributed by atoms with Crippen LogP contribution in [0.15, 0.2) is 72.8 Å². The highest BCUT2D eigenvalue weighted by Gasteiger charge is 2.14. The third kappa shape index (κ3) is 3.25. The Labute approximate surface area is 139 Å². The van der Waals surface area contributed by atoms with Gasteiger partial charge in [0.05, 0.1) is 11.4 Å². The fraction of sp³-hybridized carbons (Fsp3) is 0.0526. The van der Waals surface area contributed by atoms with Gasteiger partial charge in [-0.25, -0.2) is 9.07 Å². The van der Waals surface area contributed by atoms with Crippen LogP contribution in [-0.2, 0) is 4.79 Å². The lowest BCUT2D eigenvalue weighted by atomic mass is 10.1. The number of halogens is 1. The number of amides is 1. The molecule has 0 spiro atoms. The van der Waals surface area contributed by atoms with E-state index in [2.05, 4.69) is 17.0 Å². The van der Waals surface area contributed by atoms with Crippen LogP contribution in [-0.4, -0.2) is 15.7 Å². The van der Waals surface area contributed by atoms with Gasteiger partial charge in [0, 0.05) is 17.2 Å². The average molecular weight is 321 g/mol. The molecule has 120 valence electrons. The second-order valence-electron chi connectivity index (χ2n) is 5.41. The maximum absolute atomic E-state index is 13.6. The maximum atomic E-state index is 13.6. The van der Waals surface area contributed by atoms with Crippen LogP contribution < -0.4 is 5.32 Å². The molecule has 2 aromatic carbocycles. The highest BCUT2D eigenvalue weighted by atomic mass is 19.1. The molecule has 0 saturated carbocycles. The molecule has 0 aliphatic heterocycles. The Kier molecular flexibility index (Phi) is 4.24. The average Bonchev–Trinajstić information content (AvgIpc) is 2.99. The van der Waals surface area contributed by atoms with Gasteiger partial charge >= 0.3 is 0 Å². The summed E-state index contributed by atoms with van der Waals surface area (Å²) in [6, 6.07) is 17.4. The van der Waals surface area contributed by atoms with Crippen molar-refractivity contribution in [3.8, 4) is 16.9 Å². The smallest absolute Gasteiger partial charge is 0.251 e. The highest BCUT2D eigenvalue weighted by Crippen LogP contribution is 2.25. The monoisotopic (exact) mass is 321 g/mol. The fourth-order valence-electron chi connectivity index (χ4n) is 2.25. The minimum absolute atomic E-state index is 0.313. The van der Waals surface area contributed by atoms with Gasteiger partial charge in [-0.1, -0.05) is 43.0 Å². The van der Waals surface area contributed by atoms with E-state index in [1.807, 2.05) is 30.3 Å². The summed E-state index contributed by atoms with van der Waals surface area (Å²) in [5.41, 5.74) is 2.48. The number of carbonyl (C=O) groups excluding carboxylic acids is 1. The van der Waals surface area contributed by atoms with E-state index >= 15 is 0 Å². The van der Waals surface area contributed by atoms with Gasteiger partial charge in [0.1, 0.15) is 11.6 Å². The summed E-state index contributed by atoms with van der Waals surface area (Å²) in [5, 5.41) is 7.27. The summed E-state index contributed by atoms with van der Waals surface area (Å²) in [5.74, 6) is -0.235. The summed E-state index contributed by atoms with van der Waals surface area (Å²) < 4.78 is 15.1. The van der Waals surface area contributed by atoms with Gasteiger partial charge in [0.15, 0.2) is 0 Å². The van der Waals surface area contributed by atoms with Gasteiger partial charge in [-0.3, -0.25) is 4.79 Å². The van der Waals surface area contributed by atoms with Crippen molar-refractivity contribution in [2.24, 2.45) is 0 Å². The molecule has 1 aromatic heterocycles. The summed E-state index contributed by atoms with van der Waals surface area (Å²) in [4.78, 5) is 12.0. The van der Waals surface area contributed by atoms with E-state index in [4.69, 9.17) is 0 Å². The Hall–Kier alpha value is -3.21. The van der Waals surface area contributed by atoms with E-state index in [-0.39, 0.29) is 11.7 Å². The first-order valence-electron chi connectivity index (χ1n) is 7.43. The number of rotatable bonds is 4. The van der Waals surface area contributed by atoms with E-state index in [9.17, 15) is 9.18 Å². The molecular formula is C19H16FN3O. The van der Waals surface area contributed by atoms with Crippen LogP contribution in [0.25, 0.3) is 16.9 Å². The van der Waals surface area contributed by atoms with Crippen molar-refractivity contribution in [2.45, 2.75) is 6.92 Å². The molecule has 24 heavy (non-hydrogen) atoms. The van der Waals surface area contributed by atoms with Crippen LogP contribution >= 0.6 is 0 Å². The minimum atomic E-state index is -0.374. The third-order valence-electron chi connectivity index (χ3n) is 3.46. The van der Waals surface area contributed by atoms with Crippen molar-refractivity contribution >= 4 is 11.7 Å². The maximum Gasteiger partial charge on any atom is 0.251 e. The fourth-order valence-corrected chi connectivity index (χ4v) is 2.25. The van der Waals surface area contributed by atoms with Crippen molar-refractivity contribution in [3.63, 3.8) is 0 Å². The second-order valence-corrected chi connectivity index (χ2v) is 5.41. The topological polar surface area (TPSA) is 46.9 Å². The van der Waals surface area contributed by atoms with Gasteiger partial charge < -0.3 is 5.32 Å².